The highest BCUT2D eigenvalue weighted by Gasteiger charge is 2.07. The van der Waals surface area contributed by atoms with Gasteiger partial charge in [-0.3, -0.25) is 4.68 Å². The van der Waals surface area contributed by atoms with Gasteiger partial charge in [0.05, 0.1) is 7.11 Å². The first-order valence-corrected chi connectivity index (χ1v) is 4.62. The normalized spacial score (nSPS) is 10.8. The molecular formula is C10H13N3O. The number of rotatable bonds is 2. The lowest BCUT2D eigenvalue weighted by molar-refractivity contribution is 0.394. The number of hydrogen-bond donors (Lipinski definition) is 0. The van der Waals surface area contributed by atoms with Crippen LogP contribution in [0.2, 0.25) is 0 Å². The van der Waals surface area contributed by atoms with Gasteiger partial charge < -0.3 is 4.74 Å². The smallest absolute Gasteiger partial charge is 0.218 e. The Morgan fingerprint density at radius 1 is 1.50 bits per heavy atom. The Balaban J connectivity index is 2.68. The van der Waals surface area contributed by atoms with E-state index in [-0.39, 0.29) is 0 Å². The molecule has 0 aliphatic heterocycles. The van der Waals surface area contributed by atoms with Crippen LogP contribution in [0.1, 0.15) is 12.5 Å². The summed E-state index contributed by atoms with van der Waals surface area (Å²) in [6, 6.07) is 2.08. The fourth-order valence-corrected chi connectivity index (χ4v) is 1.53. The first-order valence-electron chi connectivity index (χ1n) is 4.62. The molecule has 2 heterocycles. The average molecular weight is 191 g/mol. The molecule has 0 N–H and O–H groups in total. The Morgan fingerprint density at radius 2 is 2.29 bits per heavy atom. The second-order valence-electron chi connectivity index (χ2n) is 3.23. The molecule has 74 valence electrons. The fraction of sp³-hybridized carbons (Fsp3) is 0.400. The van der Waals surface area contributed by atoms with E-state index < -0.39 is 0 Å². The first kappa shape index (κ1) is 8.99. The average Bonchev–Trinajstić information content (AvgIpc) is 2.54. The first-order chi connectivity index (χ1) is 6.74. The lowest BCUT2D eigenvalue weighted by Gasteiger charge is -2.03. The molecule has 0 amide bonds. The second-order valence-corrected chi connectivity index (χ2v) is 3.23. The molecular weight excluding hydrogens is 178 g/mol. The number of ether oxygens (including phenoxy) is 1. The zero-order valence-electron chi connectivity index (χ0n) is 8.61. The molecule has 0 aromatic carbocycles. The second kappa shape index (κ2) is 3.29. The monoisotopic (exact) mass is 191 g/mol. The zero-order valence-corrected chi connectivity index (χ0v) is 8.61. The highest BCUT2D eigenvalue weighted by atomic mass is 16.5. The van der Waals surface area contributed by atoms with Crippen LogP contribution in [0, 0.1) is 0 Å². The summed E-state index contributed by atoms with van der Waals surface area (Å²) in [5, 5.41) is 5.28. The van der Waals surface area contributed by atoms with Crippen molar-refractivity contribution >= 4 is 11.0 Å². The van der Waals surface area contributed by atoms with Crippen LogP contribution in [0.4, 0.5) is 0 Å². The van der Waals surface area contributed by atoms with Gasteiger partial charge in [-0.25, -0.2) is 0 Å². The van der Waals surface area contributed by atoms with Crippen molar-refractivity contribution in [3.63, 3.8) is 0 Å². The molecule has 0 saturated carbocycles. The van der Waals surface area contributed by atoms with Crippen LogP contribution in [0.15, 0.2) is 12.3 Å². The van der Waals surface area contributed by atoms with Gasteiger partial charge in [-0.05, 0) is 12.5 Å². The van der Waals surface area contributed by atoms with E-state index in [4.69, 9.17) is 4.74 Å². The zero-order chi connectivity index (χ0) is 10.1. The van der Waals surface area contributed by atoms with Crippen molar-refractivity contribution in [1.82, 2.24) is 14.8 Å². The fourth-order valence-electron chi connectivity index (χ4n) is 1.53. The summed E-state index contributed by atoms with van der Waals surface area (Å²) < 4.78 is 6.95. The quantitative estimate of drug-likeness (QED) is 0.722. The van der Waals surface area contributed by atoms with Crippen LogP contribution in [-0.2, 0) is 13.5 Å². The Morgan fingerprint density at radius 3 is 2.93 bits per heavy atom. The Kier molecular flexibility index (Phi) is 2.11. The van der Waals surface area contributed by atoms with E-state index >= 15 is 0 Å². The molecule has 0 atom stereocenters. The molecule has 0 spiro atoms. The summed E-state index contributed by atoms with van der Waals surface area (Å²) in [5.74, 6) is 0.679. The highest BCUT2D eigenvalue weighted by molar-refractivity contribution is 5.75. The molecule has 4 nitrogen and oxygen atoms in total. The van der Waals surface area contributed by atoms with Gasteiger partial charge in [-0.2, -0.15) is 10.1 Å². The van der Waals surface area contributed by atoms with Crippen LogP contribution in [-0.4, -0.2) is 21.9 Å². The van der Waals surface area contributed by atoms with E-state index in [1.807, 2.05) is 13.2 Å². The van der Waals surface area contributed by atoms with Crippen molar-refractivity contribution < 1.29 is 4.74 Å². The minimum absolute atomic E-state index is 0.679. The standard InChI is InChI=1S/C10H13N3O/c1-4-7-5-8-6-13(2)12-9(8)11-10(7)14-3/h5-6H,4H2,1-3H3. The molecule has 0 unspecified atom stereocenters. The highest BCUT2D eigenvalue weighted by Crippen LogP contribution is 2.21. The van der Waals surface area contributed by atoms with Crippen molar-refractivity contribution in [2.24, 2.45) is 7.05 Å². The summed E-state index contributed by atoms with van der Waals surface area (Å²) >= 11 is 0. The van der Waals surface area contributed by atoms with Gasteiger partial charge >= 0.3 is 0 Å². The number of hydrogen-bond acceptors (Lipinski definition) is 3. The van der Waals surface area contributed by atoms with E-state index in [0.29, 0.717) is 5.88 Å². The summed E-state index contributed by atoms with van der Waals surface area (Å²) in [4.78, 5) is 4.33. The summed E-state index contributed by atoms with van der Waals surface area (Å²) in [6.45, 7) is 2.09. The van der Waals surface area contributed by atoms with Gasteiger partial charge in [0, 0.05) is 24.2 Å². The van der Waals surface area contributed by atoms with Crippen LogP contribution in [0.25, 0.3) is 11.0 Å². The van der Waals surface area contributed by atoms with Gasteiger partial charge in [0.1, 0.15) is 0 Å². The van der Waals surface area contributed by atoms with Crippen molar-refractivity contribution in [2.75, 3.05) is 7.11 Å². The minimum Gasteiger partial charge on any atom is -0.481 e. The predicted molar refractivity (Wildman–Crippen MR) is 54.4 cm³/mol. The third-order valence-corrected chi connectivity index (χ3v) is 2.22. The minimum atomic E-state index is 0.679. The molecule has 0 radical (unpaired) electrons. The molecule has 2 aromatic rings. The molecule has 2 rings (SSSR count). The van der Waals surface area contributed by atoms with E-state index in [2.05, 4.69) is 23.1 Å². The van der Waals surface area contributed by atoms with Gasteiger partial charge in [0.2, 0.25) is 5.88 Å². The summed E-state index contributed by atoms with van der Waals surface area (Å²) in [5.41, 5.74) is 1.86. The predicted octanol–water partition coefficient (Wildman–Crippen LogP) is 1.54. The molecule has 14 heavy (non-hydrogen) atoms. The van der Waals surface area contributed by atoms with E-state index in [9.17, 15) is 0 Å². The number of fused-ring (bicyclic) bond motifs is 1. The van der Waals surface area contributed by atoms with Gasteiger partial charge in [-0.15, -0.1) is 0 Å². The van der Waals surface area contributed by atoms with Gasteiger partial charge in [0.15, 0.2) is 5.65 Å². The number of pyridine rings is 1. The van der Waals surface area contributed by atoms with E-state index in [0.717, 1.165) is 23.0 Å². The summed E-state index contributed by atoms with van der Waals surface area (Å²) in [7, 11) is 3.52. The molecule has 4 heteroatoms. The number of aryl methyl sites for hydroxylation is 2. The van der Waals surface area contributed by atoms with Crippen molar-refractivity contribution in [3.8, 4) is 5.88 Å². The van der Waals surface area contributed by atoms with Gasteiger partial charge in [-0.1, -0.05) is 6.92 Å². The molecule has 0 fully saturated rings. The summed E-state index contributed by atoms with van der Waals surface area (Å²) in [6.07, 6.45) is 2.88. The van der Waals surface area contributed by atoms with Crippen LogP contribution < -0.4 is 4.74 Å². The van der Waals surface area contributed by atoms with E-state index in [1.54, 1.807) is 11.8 Å². The van der Waals surface area contributed by atoms with Crippen molar-refractivity contribution in [2.45, 2.75) is 13.3 Å². The lowest BCUT2D eigenvalue weighted by atomic mass is 10.2. The number of nitrogens with zero attached hydrogens (tertiary/aromatic N) is 3. The Labute approximate surface area is 82.5 Å². The maximum atomic E-state index is 5.19. The molecule has 0 saturated heterocycles. The number of aromatic nitrogens is 3. The van der Waals surface area contributed by atoms with E-state index in [1.165, 1.54) is 0 Å². The van der Waals surface area contributed by atoms with Crippen LogP contribution in [0.5, 0.6) is 5.88 Å². The van der Waals surface area contributed by atoms with Crippen LogP contribution >= 0.6 is 0 Å². The lowest BCUT2D eigenvalue weighted by Crippen LogP contribution is -1.94. The SMILES string of the molecule is CCc1cc2cn(C)nc2nc1OC. The van der Waals surface area contributed by atoms with Crippen molar-refractivity contribution in [3.05, 3.63) is 17.8 Å². The third-order valence-electron chi connectivity index (χ3n) is 2.22. The topological polar surface area (TPSA) is 39.9 Å². The molecule has 0 aliphatic rings. The maximum Gasteiger partial charge on any atom is 0.218 e. The Hall–Kier alpha value is -1.58. The Bertz CT molecular complexity index is 421. The molecule has 2 aromatic heterocycles. The van der Waals surface area contributed by atoms with Crippen LogP contribution in [0.3, 0.4) is 0 Å². The number of methoxy groups -OCH3 is 1. The third kappa shape index (κ3) is 1.32. The maximum absolute atomic E-state index is 5.19. The molecule has 0 bridgehead atoms. The molecule has 0 aliphatic carbocycles. The largest absolute Gasteiger partial charge is 0.481 e. The van der Waals surface area contributed by atoms with Gasteiger partial charge in [0.25, 0.3) is 0 Å². The van der Waals surface area contributed by atoms with Crippen molar-refractivity contribution in [1.29, 1.82) is 0 Å².